The summed E-state index contributed by atoms with van der Waals surface area (Å²) in [5.41, 5.74) is 0.0994. The van der Waals surface area contributed by atoms with Crippen molar-refractivity contribution in [3.05, 3.63) is 36.5 Å². The summed E-state index contributed by atoms with van der Waals surface area (Å²) in [5, 5.41) is 5.70. The Hall–Kier alpha value is -1.61. The van der Waals surface area contributed by atoms with Gasteiger partial charge in [-0.15, -0.1) is 0 Å². The number of anilines is 1. The van der Waals surface area contributed by atoms with E-state index in [2.05, 4.69) is 14.9 Å². The van der Waals surface area contributed by atoms with Gasteiger partial charge in [-0.2, -0.15) is 22.3 Å². The van der Waals surface area contributed by atoms with Crippen LogP contribution in [0.2, 0.25) is 0 Å². The molecule has 2 N–H and O–H groups in total. The lowest BCUT2D eigenvalue weighted by molar-refractivity contribution is 0.252. The maximum absolute atomic E-state index is 12.4. The number of thioether (sulfide) groups is 1. The van der Waals surface area contributed by atoms with Crippen LogP contribution in [0.3, 0.4) is 0 Å². The van der Waals surface area contributed by atoms with Crippen LogP contribution >= 0.6 is 11.8 Å². The molecule has 0 aliphatic heterocycles. The second-order valence-corrected chi connectivity index (χ2v) is 6.08. The SMILES string of the molecule is O=S(=O)(Nc1ccccc1SC(F)F)c1ccn[nH]1. The van der Waals surface area contributed by atoms with Crippen molar-refractivity contribution in [2.45, 2.75) is 15.7 Å². The molecule has 1 aromatic carbocycles. The van der Waals surface area contributed by atoms with E-state index in [0.29, 0.717) is 0 Å². The molecule has 19 heavy (non-hydrogen) atoms. The van der Waals surface area contributed by atoms with E-state index in [-0.39, 0.29) is 27.4 Å². The number of hydrogen-bond acceptors (Lipinski definition) is 4. The first kappa shape index (κ1) is 13.8. The van der Waals surface area contributed by atoms with Crippen molar-refractivity contribution in [2.24, 2.45) is 0 Å². The van der Waals surface area contributed by atoms with Crippen LogP contribution in [0.1, 0.15) is 0 Å². The van der Waals surface area contributed by atoms with Crippen molar-refractivity contribution < 1.29 is 17.2 Å². The fourth-order valence-electron chi connectivity index (χ4n) is 1.34. The lowest BCUT2D eigenvalue weighted by Gasteiger charge is -2.10. The molecule has 0 saturated carbocycles. The van der Waals surface area contributed by atoms with Crippen LogP contribution in [-0.2, 0) is 10.0 Å². The highest BCUT2D eigenvalue weighted by Crippen LogP contribution is 2.32. The molecule has 0 fully saturated rings. The smallest absolute Gasteiger partial charge is 0.277 e. The number of aromatic nitrogens is 2. The van der Waals surface area contributed by atoms with E-state index < -0.39 is 15.8 Å². The van der Waals surface area contributed by atoms with Gasteiger partial charge in [-0.05, 0) is 18.2 Å². The molecule has 0 amide bonds. The van der Waals surface area contributed by atoms with E-state index in [9.17, 15) is 17.2 Å². The van der Waals surface area contributed by atoms with Gasteiger partial charge in [0.15, 0.2) is 5.03 Å². The number of aromatic amines is 1. The highest BCUT2D eigenvalue weighted by atomic mass is 32.2. The topological polar surface area (TPSA) is 74.8 Å². The zero-order chi connectivity index (χ0) is 13.9. The van der Waals surface area contributed by atoms with Crippen molar-refractivity contribution in [3.8, 4) is 0 Å². The quantitative estimate of drug-likeness (QED) is 0.832. The third kappa shape index (κ3) is 3.44. The first-order valence-electron chi connectivity index (χ1n) is 5.05. The molecule has 0 radical (unpaired) electrons. The number of benzene rings is 1. The van der Waals surface area contributed by atoms with Crippen molar-refractivity contribution in [1.82, 2.24) is 10.2 Å². The molecule has 1 aromatic heterocycles. The fourth-order valence-corrected chi connectivity index (χ4v) is 2.99. The Kier molecular flexibility index (Phi) is 4.05. The number of rotatable bonds is 5. The average molecular weight is 305 g/mol. The molecule has 0 saturated heterocycles. The molecule has 2 rings (SSSR count). The summed E-state index contributed by atoms with van der Waals surface area (Å²) in [6, 6.07) is 7.21. The molecule has 102 valence electrons. The second kappa shape index (κ2) is 5.57. The molecule has 1 heterocycles. The van der Waals surface area contributed by atoms with E-state index in [4.69, 9.17) is 0 Å². The van der Waals surface area contributed by atoms with E-state index in [1.54, 1.807) is 12.1 Å². The Bertz CT molecular complexity index is 645. The Morgan fingerprint density at radius 2 is 2.00 bits per heavy atom. The van der Waals surface area contributed by atoms with Crippen molar-refractivity contribution in [3.63, 3.8) is 0 Å². The standard InChI is InChI=1S/C10H9F2N3O2S2/c11-10(12)18-8-4-2-1-3-7(8)15-19(16,17)9-5-6-13-14-9/h1-6,10,15H,(H,13,14). The van der Waals surface area contributed by atoms with Crippen LogP contribution in [0.5, 0.6) is 0 Å². The molecule has 0 aliphatic carbocycles. The number of nitrogens with one attached hydrogen (secondary N) is 2. The van der Waals surface area contributed by atoms with Crippen molar-refractivity contribution in [1.29, 1.82) is 0 Å². The van der Waals surface area contributed by atoms with Gasteiger partial charge in [-0.1, -0.05) is 23.9 Å². The Balaban J connectivity index is 2.29. The van der Waals surface area contributed by atoms with Gasteiger partial charge in [-0.3, -0.25) is 9.82 Å². The summed E-state index contributed by atoms with van der Waals surface area (Å²) in [4.78, 5) is 0.153. The van der Waals surface area contributed by atoms with Crippen LogP contribution in [0, 0.1) is 0 Å². The molecule has 0 atom stereocenters. The first-order chi connectivity index (χ1) is 8.99. The average Bonchev–Trinajstić information content (AvgIpc) is 2.85. The molecule has 0 spiro atoms. The van der Waals surface area contributed by atoms with Gasteiger partial charge < -0.3 is 0 Å². The van der Waals surface area contributed by atoms with Gasteiger partial charge in [0.25, 0.3) is 15.8 Å². The Morgan fingerprint density at radius 3 is 2.63 bits per heavy atom. The third-order valence-electron chi connectivity index (χ3n) is 2.11. The molecule has 0 bridgehead atoms. The van der Waals surface area contributed by atoms with E-state index in [0.717, 1.165) is 0 Å². The van der Waals surface area contributed by atoms with Gasteiger partial charge >= 0.3 is 0 Å². The minimum absolute atomic E-state index is 0.0994. The number of hydrogen-bond donors (Lipinski definition) is 2. The van der Waals surface area contributed by atoms with Gasteiger partial charge in [0.05, 0.1) is 11.9 Å². The Labute approximate surface area is 112 Å². The zero-order valence-electron chi connectivity index (χ0n) is 9.38. The highest BCUT2D eigenvalue weighted by Gasteiger charge is 2.18. The van der Waals surface area contributed by atoms with Crippen molar-refractivity contribution >= 4 is 27.5 Å². The lowest BCUT2D eigenvalue weighted by atomic mass is 10.3. The highest BCUT2D eigenvalue weighted by molar-refractivity contribution is 7.99. The van der Waals surface area contributed by atoms with Gasteiger partial charge in [0.1, 0.15) is 0 Å². The number of nitrogens with zero attached hydrogens (tertiary/aromatic N) is 1. The number of halogens is 2. The molecular weight excluding hydrogens is 296 g/mol. The molecular formula is C10H9F2N3O2S2. The van der Waals surface area contributed by atoms with Crippen LogP contribution in [0.4, 0.5) is 14.5 Å². The van der Waals surface area contributed by atoms with Gasteiger partial charge in [-0.25, -0.2) is 0 Å². The van der Waals surface area contributed by atoms with Crippen LogP contribution in [-0.4, -0.2) is 24.4 Å². The maximum Gasteiger partial charge on any atom is 0.288 e. The zero-order valence-corrected chi connectivity index (χ0v) is 11.0. The predicted molar refractivity (Wildman–Crippen MR) is 67.7 cm³/mol. The largest absolute Gasteiger partial charge is 0.288 e. The fraction of sp³-hybridized carbons (Fsp3) is 0.100. The normalized spacial score (nSPS) is 11.7. The monoisotopic (exact) mass is 305 g/mol. The predicted octanol–water partition coefficient (Wildman–Crippen LogP) is 2.53. The lowest BCUT2D eigenvalue weighted by Crippen LogP contribution is -2.14. The summed E-state index contributed by atoms with van der Waals surface area (Å²) in [7, 11) is -3.85. The number of alkyl halides is 2. The molecule has 9 heteroatoms. The Morgan fingerprint density at radius 1 is 1.26 bits per heavy atom. The summed E-state index contributed by atoms with van der Waals surface area (Å²) in [6.07, 6.45) is 1.29. The third-order valence-corrected chi connectivity index (χ3v) is 4.20. The second-order valence-electron chi connectivity index (χ2n) is 3.40. The summed E-state index contributed by atoms with van der Waals surface area (Å²) in [5.74, 6) is -2.63. The number of H-pyrrole nitrogens is 1. The summed E-state index contributed by atoms with van der Waals surface area (Å²) < 4.78 is 50.8. The van der Waals surface area contributed by atoms with Crippen LogP contribution in [0.15, 0.2) is 46.5 Å². The van der Waals surface area contributed by atoms with E-state index >= 15 is 0 Å². The van der Waals surface area contributed by atoms with Crippen LogP contribution in [0.25, 0.3) is 0 Å². The maximum atomic E-state index is 12.4. The van der Waals surface area contributed by atoms with Crippen LogP contribution < -0.4 is 4.72 Å². The number of para-hydroxylation sites is 1. The first-order valence-corrected chi connectivity index (χ1v) is 7.41. The summed E-state index contributed by atoms with van der Waals surface area (Å²) in [6.45, 7) is 0. The molecule has 0 unspecified atom stereocenters. The minimum Gasteiger partial charge on any atom is -0.277 e. The summed E-state index contributed by atoms with van der Waals surface area (Å²) >= 11 is 0.277. The molecule has 5 nitrogen and oxygen atoms in total. The minimum atomic E-state index is -3.85. The number of sulfonamides is 1. The van der Waals surface area contributed by atoms with Gasteiger partial charge in [0, 0.05) is 4.90 Å². The van der Waals surface area contributed by atoms with E-state index in [1.807, 2.05) is 0 Å². The van der Waals surface area contributed by atoms with E-state index in [1.165, 1.54) is 24.4 Å². The van der Waals surface area contributed by atoms with Gasteiger partial charge in [0.2, 0.25) is 0 Å². The van der Waals surface area contributed by atoms with Crippen molar-refractivity contribution in [2.75, 3.05) is 4.72 Å². The molecule has 0 aliphatic rings. The molecule has 2 aromatic rings.